The Labute approximate surface area is 335 Å². The number of rotatable bonds is 9. The number of hydrogen-bond acceptors (Lipinski definition) is 9. The minimum absolute atomic E-state index is 0.118. The third kappa shape index (κ3) is 7.02. The van der Waals surface area contributed by atoms with Gasteiger partial charge in [-0.15, -0.1) is 0 Å². The first-order chi connectivity index (χ1) is 27.9. The van der Waals surface area contributed by atoms with Crippen molar-refractivity contribution in [1.82, 2.24) is 45.4 Å². The SMILES string of the molecule is COC(=O)N[C@H](C(=O)N1CCC[C@H]1c1nc2ccc3cc(-c4ccc5c(ccc6nc([C@@H]7CCCN7C(=O)[C@@H](NC(=O)OC)C(C)C)[nH]c65)n4)ccc3c2[nH]1)C(C)C. The van der Waals surface area contributed by atoms with Crippen LogP contribution in [0.1, 0.15) is 77.1 Å². The number of carbonyl (C=O) groups excluding carboxylic acids is 4. The van der Waals surface area contributed by atoms with E-state index in [1.54, 1.807) is 0 Å². The van der Waals surface area contributed by atoms with E-state index in [1.165, 1.54) is 14.2 Å². The van der Waals surface area contributed by atoms with Gasteiger partial charge in [0.05, 0.1) is 59.6 Å². The molecule has 4 N–H and O–H groups in total. The molecular formula is C43H49N9O6. The number of pyridine rings is 1. The molecule has 3 aromatic heterocycles. The van der Waals surface area contributed by atoms with Crippen LogP contribution in [-0.4, -0.2) is 98.1 Å². The smallest absolute Gasteiger partial charge is 0.407 e. The lowest BCUT2D eigenvalue weighted by Gasteiger charge is -2.29. The number of nitrogens with zero attached hydrogens (tertiary/aromatic N) is 5. The van der Waals surface area contributed by atoms with Crippen molar-refractivity contribution in [2.75, 3.05) is 27.3 Å². The molecule has 15 nitrogen and oxygen atoms in total. The molecule has 4 atom stereocenters. The molecule has 0 unspecified atom stereocenters. The van der Waals surface area contributed by atoms with Crippen LogP contribution in [0.4, 0.5) is 9.59 Å². The fraction of sp³-hybridized carbons (Fsp3) is 0.419. The van der Waals surface area contributed by atoms with E-state index < -0.39 is 24.3 Å². The number of nitrogens with one attached hydrogen (secondary N) is 4. The Bertz CT molecular complexity index is 2390. The maximum Gasteiger partial charge on any atom is 0.407 e. The van der Waals surface area contributed by atoms with Crippen LogP contribution in [0.2, 0.25) is 0 Å². The first-order valence-corrected chi connectivity index (χ1v) is 20.0. The third-order valence-corrected chi connectivity index (χ3v) is 11.6. The van der Waals surface area contributed by atoms with E-state index in [0.29, 0.717) is 18.9 Å². The molecule has 5 heterocycles. The quantitative estimate of drug-likeness (QED) is 0.121. The zero-order valence-corrected chi connectivity index (χ0v) is 33.6. The minimum Gasteiger partial charge on any atom is -0.453 e. The van der Waals surface area contributed by atoms with Crippen LogP contribution in [0.15, 0.2) is 54.6 Å². The summed E-state index contributed by atoms with van der Waals surface area (Å²) in [5.41, 5.74) is 5.97. The second-order valence-electron chi connectivity index (χ2n) is 16.0. The number of carbonyl (C=O) groups is 4. The maximum atomic E-state index is 13.7. The Balaban J connectivity index is 1.05. The van der Waals surface area contributed by atoms with Crippen molar-refractivity contribution < 1.29 is 28.7 Å². The zero-order chi connectivity index (χ0) is 40.8. The van der Waals surface area contributed by atoms with Crippen molar-refractivity contribution in [2.45, 2.75) is 77.5 Å². The molecule has 3 aromatic carbocycles. The van der Waals surface area contributed by atoms with Gasteiger partial charge in [0.25, 0.3) is 0 Å². The van der Waals surface area contributed by atoms with Crippen LogP contribution < -0.4 is 10.6 Å². The first-order valence-electron chi connectivity index (χ1n) is 20.0. The molecule has 58 heavy (non-hydrogen) atoms. The summed E-state index contributed by atoms with van der Waals surface area (Å²) in [6.07, 6.45) is 1.94. The molecule has 2 fully saturated rings. The molecule has 15 heteroatoms. The molecule has 2 aliphatic rings. The van der Waals surface area contributed by atoms with Gasteiger partial charge in [-0.05, 0) is 79.3 Å². The van der Waals surface area contributed by atoms with Gasteiger partial charge < -0.3 is 39.9 Å². The molecule has 4 amide bonds. The lowest BCUT2D eigenvalue weighted by atomic mass is 10.0. The number of likely N-dealkylation sites (tertiary alicyclic amines) is 2. The summed E-state index contributed by atoms with van der Waals surface area (Å²) in [6.45, 7) is 8.77. The van der Waals surface area contributed by atoms with Crippen molar-refractivity contribution in [3.05, 3.63) is 66.2 Å². The molecule has 2 aliphatic heterocycles. The highest BCUT2D eigenvalue weighted by atomic mass is 16.5. The van der Waals surface area contributed by atoms with Gasteiger partial charge in [0.2, 0.25) is 11.8 Å². The van der Waals surface area contributed by atoms with Crippen molar-refractivity contribution in [3.8, 4) is 11.3 Å². The Kier molecular flexibility index (Phi) is 10.4. The standard InChI is InChI=1S/C43H49N9O6/c1-22(2)34(49-42(55)57-5)40(53)51-19-7-9-32(51)38-45-30-15-12-24-21-25(11-13-26(24)36(30)47-38)28-16-14-27-29(44-28)17-18-31-37(27)48-39(46-31)33-10-8-20-52(33)41(54)35(23(3)4)50-43(56)58-6/h11-18,21-23,32-35H,7-10,19-20H2,1-6H3,(H,45,47)(H,46,48)(H,49,55)(H,50,56)/t32-,33-,34-,35-/m0/s1. The van der Waals surface area contributed by atoms with Gasteiger partial charge in [-0.2, -0.15) is 0 Å². The summed E-state index contributed by atoms with van der Waals surface area (Å²) >= 11 is 0. The van der Waals surface area contributed by atoms with Gasteiger partial charge in [-0.1, -0.05) is 45.9 Å². The van der Waals surface area contributed by atoms with Crippen LogP contribution >= 0.6 is 0 Å². The highest BCUT2D eigenvalue weighted by Gasteiger charge is 2.39. The molecule has 302 valence electrons. The first kappa shape index (κ1) is 38.6. The van der Waals surface area contributed by atoms with E-state index >= 15 is 0 Å². The van der Waals surface area contributed by atoms with Crippen LogP contribution in [-0.2, 0) is 19.1 Å². The lowest BCUT2D eigenvalue weighted by Crippen LogP contribution is -2.51. The largest absolute Gasteiger partial charge is 0.453 e. The van der Waals surface area contributed by atoms with E-state index in [0.717, 1.165) is 86.5 Å². The number of alkyl carbamates (subject to hydrolysis) is 2. The molecule has 6 aromatic rings. The summed E-state index contributed by atoms with van der Waals surface area (Å²) in [5.74, 6) is 0.903. The summed E-state index contributed by atoms with van der Waals surface area (Å²) in [6, 6.07) is 16.4. The van der Waals surface area contributed by atoms with Gasteiger partial charge in [0, 0.05) is 29.4 Å². The van der Waals surface area contributed by atoms with Gasteiger partial charge in [-0.25, -0.2) is 24.5 Å². The van der Waals surface area contributed by atoms with E-state index in [9.17, 15) is 19.2 Å². The van der Waals surface area contributed by atoms with Gasteiger partial charge in [0.1, 0.15) is 23.7 Å². The summed E-state index contributed by atoms with van der Waals surface area (Å²) in [4.78, 5) is 77.1. The second kappa shape index (κ2) is 15.6. The van der Waals surface area contributed by atoms with Crippen molar-refractivity contribution in [2.24, 2.45) is 11.8 Å². The molecular weight excluding hydrogens is 739 g/mol. The zero-order valence-electron chi connectivity index (χ0n) is 33.6. The maximum absolute atomic E-state index is 13.7. The van der Waals surface area contributed by atoms with Gasteiger partial charge >= 0.3 is 12.2 Å². The Morgan fingerprint density at radius 3 is 1.69 bits per heavy atom. The average Bonchev–Trinajstić information content (AvgIpc) is 4.06. The predicted molar refractivity (Wildman–Crippen MR) is 220 cm³/mol. The fourth-order valence-corrected chi connectivity index (χ4v) is 8.55. The molecule has 0 spiro atoms. The average molecular weight is 788 g/mol. The van der Waals surface area contributed by atoms with Gasteiger partial charge in [-0.3, -0.25) is 9.59 Å². The van der Waals surface area contributed by atoms with Gasteiger partial charge in [0.15, 0.2) is 0 Å². The van der Waals surface area contributed by atoms with Crippen molar-refractivity contribution >= 4 is 67.7 Å². The van der Waals surface area contributed by atoms with Crippen LogP contribution in [0, 0.1) is 11.8 Å². The van der Waals surface area contributed by atoms with E-state index in [2.05, 4.69) is 50.9 Å². The number of hydrogen-bond donors (Lipinski definition) is 4. The number of methoxy groups -OCH3 is 2. The molecule has 0 radical (unpaired) electrons. The number of ether oxygens (including phenoxy) is 2. The number of aromatic amines is 2. The number of amides is 4. The number of imidazole rings is 2. The van der Waals surface area contributed by atoms with Crippen LogP contribution in [0.3, 0.4) is 0 Å². The molecule has 0 saturated carbocycles. The minimum atomic E-state index is -0.707. The normalized spacial score (nSPS) is 18.1. The van der Waals surface area contributed by atoms with Crippen LogP contribution in [0.5, 0.6) is 0 Å². The topological polar surface area (TPSA) is 188 Å². The second-order valence-corrected chi connectivity index (χ2v) is 16.0. The highest BCUT2D eigenvalue weighted by Crippen LogP contribution is 2.37. The Morgan fingerprint density at radius 1 is 0.655 bits per heavy atom. The molecule has 2 saturated heterocycles. The third-order valence-electron chi connectivity index (χ3n) is 11.6. The number of fused-ring (bicyclic) bond motifs is 6. The number of aromatic nitrogens is 5. The highest BCUT2D eigenvalue weighted by molar-refractivity contribution is 6.06. The van der Waals surface area contributed by atoms with Crippen molar-refractivity contribution in [3.63, 3.8) is 0 Å². The lowest BCUT2D eigenvalue weighted by molar-refractivity contribution is -0.136. The molecule has 0 aliphatic carbocycles. The molecule has 0 bridgehead atoms. The predicted octanol–water partition coefficient (Wildman–Crippen LogP) is 6.90. The van der Waals surface area contributed by atoms with Crippen LogP contribution in [0.25, 0.3) is 55.0 Å². The number of H-pyrrole nitrogens is 2. The Morgan fingerprint density at radius 2 is 1.16 bits per heavy atom. The number of benzene rings is 3. The monoisotopic (exact) mass is 787 g/mol. The summed E-state index contributed by atoms with van der Waals surface area (Å²) in [7, 11) is 2.58. The van der Waals surface area contributed by atoms with E-state index in [1.807, 2.05) is 61.8 Å². The molecule has 8 rings (SSSR count). The van der Waals surface area contributed by atoms with E-state index in [4.69, 9.17) is 24.4 Å². The Hall–Kier alpha value is -6.25. The fourth-order valence-electron chi connectivity index (χ4n) is 8.55. The van der Waals surface area contributed by atoms with Crippen molar-refractivity contribution in [1.29, 1.82) is 0 Å². The summed E-state index contributed by atoms with van der Waals surface area (Å²) in [5, 5.41) is 8.38. The van der Waals surface area contributed by atoms with E-state index in [-0.39, 0.29) is 35.7 Å². The summed E-state index contributed by atoms with van der Waals surface area (Å²) < 4.78 is 9.57.